The monoisotopic (exact) mass is 147 g/mol. The average Bonchev–Trinajstić information content (AvgIpc) is 2.10. The zero-order chi connectivity index (χ0) is 6.48. The van der Waals surface area contributed by atoms with E-state index in [-0.39, 0.29) is 12.0 Å². The van der Waals surface area contributed by atoms with E-state index in [1.807, 2.05) is 0 Å². The second-order valence-corrected chi connectivity index (χ2v) is 3.90. The maximum absolute atomic E-state index is 10.7. The van der Waals surface area contributed by atoms with Crippen molar-refractivity contribution in [3.8, 4) is 0 Å². The van der Waals surface area contributed by atoms with Crippen molar-refractivity contribution in [1.82, 2.24) is 4.31 Å². The normalized spacial score (nSPS) is 35.1. The number of sulfonamides is 1. The van der Waals surface area contributed by atoms with Gasteiger partial charge in [0.25, 0.3) is 0 Å². The van der Waals surface area contributed by atoms with E-state index < -0.39 is 10.0 Å². The van der Waals surface area contributed by atoms with Crippen molar-refractivity contribution in [2.24, 2.45) is 0 Å². The molecule has 0 saturated carbocycles. The standard InChI is InChI=1S/C4H5NO3S/c6-9(7)3-4-5(9)1-2-8-4/h1-2,4H,3H2. The van der Waals surface area contributed by atoms with Gasteiger partial charge >= 0.3 is 0 Å². The van der Waals surface area contributed by atoms with Crippen LogP contribution in [0, 0.1) is 0 Å². The van der Waals surface area contributed by atoms with Crippen LogP contribution in [0.25, 0.3) is 0 Å². The van der Waals surface area contributed by atoms with Crippen molar-refractivity contribution in [3.05, 3.63) is 12.5 Å². The molecule has 0 aliphatic carbocycles. The number of hydrogen-bond donors (Lipinski definition) is 0. The van der Waals surface area contributed by atoms with Crippen LogP contribution in [-0.4, -0.2) is 24.7 Å². The molecule has 0 N–H and O–H groups in total. The fourth-order valence-electron chi connectivity index (χ4n) is 0.908. The van der Waals surface area contributed by atoms with Gasteiger partial charge in [0.2, 0.25) is 10.0 Å². The van der Waals surface area contributed by atoms with Crippen LogP contribution in [0.3, 0.4) is 0 Å². The lowest BCUT2D eigenvalue weighted by Gasteiger charge is -2.32. The van der Waals surface area contributed by atoms with Gasteiger partial charge in [0.1, 0.15) is 12.0 Å². The van der Waals surface area contributed by atoms with E-state index in [2.05, 4.69) is 0 Å². The van der Waals surface area contributed by atoms with Gasteiger partial charge in [0.05, 0.1) is 6.20 Å². The van der Waals surface area contributed by atoms with Crippen LogP contribution in [0.1, 0.15) is 0 Å². The Kier molecular flexibility index (Phi) is 0.700. The van der Waals surface area contributed by atoms with E-state index in [9.17, 15) is 8.42 Å². The molecule has 50 valence electrons. The molecule has 1 atom stereocenters. The maximum atomic E-state index is 10.7. The lowest BCUT2D eigenvalue weighted by Crippen LogP contribution is -2.51. The minimum atomic E-state index is -2.94. The molecule has 0 amide bonds. The largest absolute Gasteiger partial charge is 0.474 e. The first-order valence-electron chi connectivity index (χ1n) is 2.53. The minimum absolute atomic E-state index is 0.125. The molecule has 2 aliphatic rings. The Morgan fingerprint density at radius 3 is 2.89 bits per heavy atom. The van der Waals surface area contributed by atoms with Crippen LogP contribution in [0.5, 0.6) is 0 Å². The molecule has 2 rings (SSSR count). The van der Waals surface area contributed by atoms with E-state index in [0.29, 0.717) is 0 Å². The molecule has 1 unspecified atom stereocenters. The van der Waals surface area contributed by atoms with Crippen LogP contribution in [0.4, 0.5) is 0 Å². The molecular formula is C4H5NO3S. The Morgan fingerprint density at radius 1 is 1.67 bits per heavy atom. The Labute approximate surface area is 52.8 Å². The zero-order valence-electron chi connectivity index (χ0n) is 4.52. The van der Waals surface area contributed by atoms with Gasteiger partial charge in [-0.2, -0.15) is 0 Å². The zero-order valence-corrected chi connectivity index (χ0v) is 5.34. The molecule has 2 aliphatic heterocycles. The molecule has 0 spiro atoms. The number of hydrogen-bond acceptors (Lipinski definition) is 3. The summed E-state index contributed by atoms with van der Waals surface area (Å²) in [6, 6.07) is 0. The highest BCUT2D eigenvalue weighted by Gasteiger charge is 2.44. The summed E-state index contributed by atoms with van der Waals surface area (Å²) >= 11 is 0. The summed E-state index contributed by atoms with van der Waals surface area (Å²) in [5.74, 6) is 0.125. The third-order valence-corrected chi connectivity index (χ3v) is 3.11. The predicted octanol–water partition coefficient (Wildman–Crippen LogP) is -0.541. The van der Waals surface area contributed by atoms with Gasteiger partial charge in [-0.05, 0) is 0 Å². The maximum Gasteiger partial charge on any atom is 0.243 e. The molecule has 0 aromatic heterocycles. The van der Waals surface area contributed by atoms with E-state index in [0.717, 1.165) is 0 Å². The summed E-state index contributed by atoms with van der Waals surface area (Å²) in [6.45, 7) is 0. The Bertz CT molecular complexity index is 255. The van der Waals surface area contributed by atoms with Gasteiger partial charge in [-0.15, -0.1) is 0 Å². The molecule has 4 nitrogen and oxygen atoms in total. The molecule has 0 bridgehead atoms. The van der Waals surface area contributed by atoms with E-state index in [1.165, 1.54) is 16.8 Å². The third-order valence-electron chi connectivity index (χ3n) is 1.40. The quantitative estimate of drug-likeness (QED) is 0.462. The van der Waals surface area contributed by atoms with E-state index >= 15 is 0 Å². The Morgan fingerprint density at radius 2 is 2.44 bits per heavy atom. The fourth-order valence-corrected chi connectivity index (χ4v) is 2.14. The van der Waals surface area contributed by atoms with Crippen LogP contribution >= 0.6 is 0 Å². The van der Waals surface area contributed by atoms with Gasteiger partial charge in [0.15, 0.2) is 6.23 Å². The van der Waals surface area contributed by atoms with Crippen LogP contribution in [0.2, 0.25) is 0 Å². The van der Waals surface area contributed by atoms with Gasteiger partial charge in [-0.25, -0.2) is 12.7 Å². The topological polar surface area (TPSA) is 46.6 Å². The van der Waals surface area contributed by atoms with Gasteiger partial charge in [0, 0.05) is 0 Å². The summed E-state index contributed by atoms with van der Waals surface area (Å²) < 4.78 is 27.5. The van der Waals surface area contributed by atoms with Crippen molar-refractivity contribution in [2.45, 2.75) is 6.23 Å². The average molecular weight is 147 g/mol. The summed E-state index contributed by atoms with van der Waals surface area (Å²) in [5, 5.41) is 0. The number of nitrogens with zero attached hydrogens (tertiary/aromatic N) is 1. The second-order valence-electron chi connectivity index (χ2n) is 1.98. The van der Waals surface area contributed by atoms with Crippen LogP contribution in [-0.2, 0) is 14.8 Å². The number of fused-ring (bicyclic) bond motifs is 1. The second kappa shape index (κ2) is 1.23. The van der Waals surface area contributed by atoms with Gasteiger partial charge in [-0.1, -0.05) is 0 Å². The molecule has 0 aromatic rings. The number of rotatable bonds is 0. The highest BCUT2D eigenvalue weighted by molar-refractivity contribution is 7.90. The SMILES string of the molecule is O=S1(=O)CC2OC=CN21. The molecule has 0 radical (unpaired) electrons. The first-order valence-corrected chi connectivity index (χ1v) is 4.14. The van der Waals surface area contributed by atoms with Gasteiger partial charge < -0.3 is 4.74 Å². The highest BCUT2D eigenvalue weighted by Crippen LogP contribution is 2.27. The molecule has 5 heteroatoms. The first-order chi connectivity index (χ1) is 4.20. The Hall–Kier alpha value is -0.710. The summed E-state index contributed by atoms with van der Waals surface area (Å²) in [4.78, 5) is 0. The van der Waals surface area contributed by atoms with E-state index in [4.69, 9.17) is 4.74 Å². The smallest absolute Gasteiger partial charge is 0.243 e. The van der Waals surface area contributed by atoms with E-state index in [1.54, 1.807) is 0 Å². The first kappa shape index (κ1) is 5.10. The summed E-state index contributed by atoms with van der Waals surface area (Å²) in [5.41, 5.74) is 0. The van der Waals surface area contributed by atoms with Crippen molar-refractivity contribution in [3.63, 3.8) is 0 Å². The summed E-state index contributed by atoms with van der Waals surface area (Å²) in [6.07, 6.45) is 2.61. The van der Waals surface area contributed by atoms with Crippen LogP contribution in [0.15, 0.2) is 12.5 Å². The molecule has 1 saturated heterocycles. The third kappa shape index (κ3) is 0.496. The van der Waals surface area contributed by atoms with Gasteiger partial charge in [-0.3, -0.25) is 0 Å². The lowest BCUT2D eigenvalue weighted by atomic mass is 10.6. The molecule has 2 heterocycles. The van der Waals surface area contributed by atoms with Crippen LogP contribution < -0.4 is 0 Å². The Balaban J connectivity index is 2.36. The minimum Gasteiger partial charge on any atom is -0.474 e. The molecular weight excluding hydrogens is 142 g/mol. The van der Waals surface area contributed by atoms with Crippen molar-refractivity contribution in [1.29, 1.82) is 0 Å². The summed E-state index contributed by atoms with van der Waals surface area (Å²) in [7, 11) is -2.94. The predicted molar refractivity (Wildman–Crippen MR) is 29.6 cm³/mol. The van der Waals surface area contributed by atoms with Crippen molar-refractivity contribution >= 4 is 10.0 Å². The molecule has 0 aromatic carbocycles. The highest BCUT2D eigenvalue weighted by atomic mass is 32.2. The van der Waals surface area contributed by atoms with Crippen molar-refractivity contribution in [2.75, 3.05) is 5.75 Å². The molecule has 9 heavy (non-hydrogen) atoms. The number of ether oxygens (including phenoxy) is 1. The fraction of sp³-hybridized carbons (Fsp3) is 0.500. The molecule has 1 fully saturated rings. The van der Waals surface area contributed by atoms with Crippen molar-refractivity contribution < 1.29 is 13.2 Å². The lowest BCUT2D eigenvalue weighted by molar-refractivity contribution is 0.0981.